The smallest absolute Gasteiger partial charge is 0.220 e. The van der Waals surface area contributed by atoms with Crippen molar-refractivity contribution in [2.45, 2.75) is 58.3 Å². The molecule has 0 aliphatic heterocycles. The molecular formula is C14H26N2O2. The SMILES string of the molecule is CC(=O)NCCCNC(=O)CCC1CCCCC1. The molecule has 0 aromatic rings. The Balaban J connectivity index is 1.94. The van der Waals surface area contributed by atoms with Crippen LogP contribution in [0.1, 0.15) is 58.3 Å². The minimum atomic E-state index is -0.0152. The monoisotopic (exact) mass is 254 g/mol. The summed E-state index contributed by atoms with van der Waals surface area (Å²) in [6.45, 7) is 2.80. The average Bonchev–Trinajstić information content (AvgIpc) is 2.37. The summed E-state index contributed by atoms with van der Waals surface area (Å²) in [5.74, 6) is 0.908. The number of nitrogens with one attached hydrogen (secondary N) is 2. The molecule has 0 heterocycles. The van der Waals surface area contributed by atoms with E-state index in [0.29, 0.717) is 19.5 Å². The molecular weight excluding hydrogens is 228 g/mol. The number of hydrogen-bond acceptors (Lipinski definition) is 2. The van der Waals surface area contributed by atoms with Gasteiger partial charge in [0.25, 0.3) is 0 Å². The molecule has 104 valence electrons. The molecule has 0 bridgehead atoms. The predicted molar refractivity (Wildman–Crippen MR) is 72.1 cm³/mol. The third-order valence-corrected chi connectivity index (χ3v) is 3.55. The lowest BCUT2D eigenvalue weighted by Gasteiger charge is -2.20. The first-order chi connectivity index (χ1) is 8.68. The Morgan fingerprint density at radius 2 is 1.72 bits per heavy atom. The molecule has 2 amide bonds. The van der Waals surface area contributed by atoms with Gasteiger partial charge >= 0.3 is 0 Å². The zero-order chi connectivity index (χ0) is 13.2. The maximum Gasteiger partial charge on any atom is 0.220 e. The number of carbonyl (C=O) groups is 2. The summed E-state index contributed by atoms with van der Waals surface area (Å²) in [5, 5.41) is 5.62. The van der Waals surface area contributed by atoms with E-state index in [-0.39, 0.29) is 11.8 Å². The van der Waals surface area contributed by atoms with Crippen LogP contribution in [0.25, 0.3) is 0 Å². The molecule has 4 nitrogen and oxygen atoms in total. The standard InChI is InChI=1S/C14H26N2O2/c1-12(17)15-10-5-11-16-14(18)9-8-13-6-3-2-4-7-13/h13H,2-11H2,1H3,(H,15,17)(H,16,18). The van der Waals surface area contributed by atoms with Gasteiger partial charge in [-0.05, 0) is 18.8 Å². The molecule has 18 heavy (non-hydrogen) atoms. The van der Waals surface area contributed by atoms with E-state index >= 15 is 0 Å². The van der Waals surface area contributed by atoms with E-state index in [1.807, 2.05) is 0 Å². The van der Waals surface area contributed by atoms with Gasteiger partial charge in [0.15, 0.2) is 0 Å². The highest BCUT2D eigenvalue weighted by molar-refractivity contribution is 5.75. The van der Waals surface area contributed by atoms with Crippen LogP contribution < -0.4 is 10.6 Å². The van der Waals surface area contributed by atoms with E-state index < -0.39 is 0 Å². The van der Waals surface area contributed by atoms with Crippen molar-refractivity contribution in [3.05, 3.63) is 0 Å². The summed E-state index contributed by atoms with van der Waals surface area (Å²) < 4.78 is 0. The molecule has 0 aromatic heterocycles. The van der Waals surface area contributed by atoms with Gasteiger partial charge in [-0.25, -0.2) is 0 Å². The zero-order valence-corrected chi connectivity index (χ0v) is 11.5. The second-order valence-electron chi connectivity index (χ2n) is 5.23. The van der Waals surface area contributed by atoms with E-state index in [4.69, 9.17) is 0 Å². The Bertz CT molecular complexity index is 261. The summed E-state index contributed by atoms with van der Waals surface area (Å²) in [7, 11) is 0. The highest BCUT2D eigenvalue weighted by Crippen LogP contribution is 2.27. The first-order valence-corrected chi connectivity index (χ1v) is 7.19. The largest absolute Gasteiger partial charge is 0.356 e. The maximum absolute atomic E-state index is 11.6. The van der Waals surface area contributed by atoms with Gasteiger partial charge in [0.05, 0.1) is 0 Å². The number of carbonyl (C=O) groups excluding carboxylic acids is 2. The molecule has 4 heteroatoms. The molecule has 0 saturated heterocycles. The molecule has 1 aliphatic rings. The van der Waals surface area contributed by atoms with Crippen LogP contribution in [0.4, 0.5) is 0 Å². The Labute approximate surface area is 110 Å². The Morgan fingerprint density at radius 1 is 1.06 bits per heavy atom. The Morgan fingerprint density at radius 3 is 2.39 bits per heavy atom. The molecule has 0 unspecified atom stereocenters. The number of amides is 2. The second-order valence-corrected chi connectivity index (χ2v) is 5.23. The van der Waals surface area contributed by atoms with Crippen LogP contribution >= 0.6 is 0 Å². The zero-order valence-electron chi connectivity index (χ0n) is 11.5. The molecule has 0 atom stereocenters. The quantitative estimate of drug-likeness (QED) is 0.683. The van der Waals surface area contributed by atoms with Crippen molar-refractivity contribution in [1.82, 2.24) is 10.6 Å². The molecule has 1 saturated carbocycles. The van der Waals surface area contributed by atoms with Crippen LogP contribution in [0.3, 0.4) is 0 Å². The Hall–Kier alpha value is -1.06. The lowest BCUT2D eigenvalue weighted by atomic mass is 9.86. The molecule has 2 N–H and O–H groups in total. The normalized spacial score (nSPS) is 16.3. The molecule has 1 rings (SSSR count). The van der Waals surface area contributed by atoms with E-state index in [9.17, 15) is 9.59 Å². The second kappa shape index (κ2) is 8.95. The third kappa shape index (κ3) is 7.30. The number of hydrogen-bond donors (Lipinski definition) is 2. The first-order valence-electron chi connectivity index (χ1n) is 7.19. The topological polar surface area (TPSA) is 58.2 Å². The number of rotatable bonds is 7. The van der Waals surface area contributed by atoms with Crippen LogP contribution in [-0.4, -0.2) is 24.9 Å². The maximum atomic E-state index is 11.6. The first kappa shape index (κ1) is 15.0. The van der Waals surface area contributed by atoms with Crippen molar-refractivity contribution in [3.8, 4) is 0 Å². The highest BCUT2D eigenvalue weighted by atomic mass is 16.2. The molecule has 1 fully saturated rings. The van der Waals surface area contributed by atoms with Gasteiger partial charge in [0.1, 0.15) is 0 Å². The van der Waals surface area contributed by atoms with Crippen molar-refractivity contribution >= 4 is 11.8 Å². The van der Waals surface area contributed by atoms with Crippen molar-refractivity contribution in [1.29, 1.82) is 0 Å². The summed E-state index contributed by atoms with van der Waals surface area (Å²) in [6, 6.07) is 0. The van der Waals surface area contributed by atoms with Crippen molar-refractivity contribution in [2.75, 3.05) is 13.1 Å². The minimum absolute atomic E-state index is 0.0152. The van der Waals surface area contributed by atoms with E-state index in [2.05, 4.69) is 10.6 Å². The van der Waals surface area contributed by atoms with Gasteiger partial charge < -0.3 is 10.6 Å². The van der Waals surface area contributed by atoms with Crippen LogP contribution in [0.5, 0.6) is 0 Å². The third-order valence-electron chi connectivity index (χ3n) is 3.55. The average molecular weight is 254 g/mol. The van der Waals surface area contributed by atoms with Gasteiger partial charge in [-0.15, -0.1) is 0 Å². The molecule has 0 aromatic carbocycles. The van der Waals surface area contributed by atoms with Crippen molar-refractivity contribution in [2.24, 2.45) is 5.92 Å². The van der Waals surface area contributed by atoms with E-state index in [1.54, 1.807) is 0 Å². The van der Waals surface area contributed by atoms with Gasteiger partial charge in [0, 0.05) is 26.4 Å². The van der Waals surface area contributed by atoms with Crippen molar-refractivity contribution < 1.29 is 9.59 Å². The van der Waals surface area contributed by atoms with Gasteiger partial charge in [-0.1, -0.05) is 32.1 Å². The molecule has 0 radical (unpaired) electrons. The summed E-state index contributed by atoms with van der Waals surface area (Å²) >= 11 is 0. The molecule has 1 aliphatic carbocycles. The lowest BCUT2D eigenvalue weighted by molar-refractivity contribution is -0.121. The van der Waals surface area contributed by atoms with Gasteiger partial charge in [0.2, 0.25) is 11.8 Å². The lowest BCUT2D eigenvalue weighted by Crippen LogP contribution is -2.29. The van der Waals surface area contributed by atoms with Crippen LogP contribution in [0.2, 0.25) is 0 Å². The molecule has 0 spiro atoms. The highest BCUT2D eigenvalue weighted by Gasteiger charge is 2.14. The van der Waals surface area contributed by atoms with Gasteiger partial charge in [-0.2, -0.15) is 0 Å². The van der Waals surface area contributed by atoms with E-state index in [1.165, 1.54) is 39.0 Å². The summed E-state index contributed by atoms with van der Waals surface area (Å²) in [5.41, 5.74) is 0. The van der Waals surface area contributed by atoms with Crippen LogP contribution in [0, 0.1) is 5.92 Å². The van der Waals surface area contributed by atoms with Crippen LogP contribution in [-0.2, 0) is 9.59 Å². The van der Waals surface area contributed by atoms with Crippen molar-refractivity contribution in [3.63, 3.8) is 0 Å². The summed E-state index contributed by atoms with van der Waals surface area (Å²) in [4.78, 5) is 22.2. The van der Waals surface area contributed by atoms with E-state index in [0.717, 1.165) is 18.8 Å². The fraction of sp³-hybridized carbons (Fsp3) is 0.857. The fourth-order valence-electron chi connectivity index (χ4n) is 2.48. The summed E-state index contributed by atoms with van der Waals surface area (Å²) in [6.07, 6.45) is 9.14. The fourth-order valence-corrected chi connectivity index (χ4v) is 2.48. The predicted octanol–water partition coefficient (Wildman–Crippen LogP) is 1.99. The van der Waals surface area contributed by atoms with Gasteiger partial charge in [-0.3, -0.25) is 9.59 Å². The minimum Gasteiger partial charge on any atom is -0.356 e. The van der Waals surface area contributed by atoms with Crippen LogP contribution in [0.15, 0.2) is 0 Å². The Kier molecular flexibility index (Phi) is 7.46.